The van der Waals surface area contributed by atoms with Crippen molar-refractivity contribution in [3.63, 3.8) is 0 Å². The SMILES string of the molecule is FC(F)(F)c1ccc(C#Cc2ccc(Cl)cc2)cc1. The summed E-state index contributed by atoms with van der Waals surface area (Å²) in [5.74, 6) is 5.66. The van der Waals surface area contributed by atoms with Crippen molar-refractivity contribution >= 4 is 11.6 Å². The van der Waals surface area contributed by atoms with Gasteiger partial charge in [-0.25, -0.2) is 0 Å². The molecule has 2 aromatic carbocycles. The van der Waals surface area contributed by atoms with Gasteiger partial charge >= 0.3 is 6.18 Å². The largest absolute Gasteiger partial charge is 0.416 e. The van der Waals surface area contributed by atoms with E-state index in [1.165, 1.54) is 12.1 Å². The molecule has 0 radical (unpaired) electrons. The summed E-state index contributed by atoms with van der Waals surface area (Å²) in [7, 11) is 0. The van der Waals surface area contributed by atoms with Crippen molar-refractivity contribution < 1.29 is 13.2 Å². The molecule has 0 aliphatic carbocycles. The molecule has 0 saturated heterocycles. The van der Waals surface area contributed by atoms with E-state index < -0.39 is 11.7 Å². The van der Waals surface area contributed by atoms with Crippen LogP contribution in [0.15, 0.2) is 48.5 Å². The van der Waals surface area contributed by atoms with Crippen molar-refractivity contribution in [1.82, 2.24) is 0 Å². The Kier molecular flexibility index (Phi) is 3.82. The summed E-state index contributed by atoms with van der Waals surface area (Å²) in [5.41, 5.74) is 0.608. The van der Waals surface area contributed by atoms with E-state index in [0.717, 1.165) is 17.7 Å². The van der Waals surface area contributed by atoms with Crippen LogP contribution >= 0.6 is 11.6 Å². The van der Waals surface area contributed by atoms with E-state index in [0.29, 0.717) is 10.6 Å². The molecule has 0 atom stereocenters. The predicted molar refractivity (Wildman–Crippen MR) is 68.9 cm³/mol. The van der Waals surface area contributed by atoms with E-state index in [-0.39, 0.29) is 0 Å². The van der Waals surface area contributed by atoms with Crippen LogP contribution in [0.25, 0.3) is 0 Å². The molecule has 0 nitrogen and oxygen atoms in total. The molecule has 0 aliphatic heterocycles. The van der Waals surface area contributed by atoms with Gasteiger partial charge in [0.15, 0.2) is 0 Å². The molecule has 0 N–H and O–H groups in total. The second kappa shape index (κ2) is 5.38. The minimum atomic E-state index is -4.32. The van der Waals surface area contributed by atoms with Gasteiger partial charge in [0.2, 0.25) is 0 Å². The van der Waals surface area contributed by atoms with Crippen LogP contribution in [0.4, 0.5) is 13.2 Å². The molecule has 0 heterocycles. The number of rotatable bonds is 0. The molecular formula is C15H8ClF3. The molecule has 0 unspecified atom stereocenters. The van der Waals surface area contributed by atoms with Crippen molar-refractivity contribution in [2.45, 2.75) is 6.18 Å². The van der Waals surface area contributed by atoms with E-state index >= 15 is 0 Å². The quantitative estimate of drug-likeness (QED) is 0.611. The first kappa shape index (κ1) is 13.5. The van der Waals surface area contributed by atoms with Gasteiger partial charge in [-0.3, -0.25) is 0 Å². The van der Waals surface area contributed by atoms with E-state index in [2.05, 4.69) is 11.8 Å². The lowest BCUT2D eigenvalue weighted by Crippen LogP contribution is -2.04. The lowest BCUT2D eigenvalue weighted by Gasteiger charge is -2.05. The van der Waals surface area contributed by atoms with E-state index in [1.54, 1.807) is 24.3 Å². The average Bonchev–Trinajstić information content (AvgIpc) is 2.37. The van der Waals surface area contributed by atoms with Gasteiger partial charge in [0, 0.05) is 16.1 Å². The molecule has 4 heteroatoms. The summed E-state index contributed by atoms with van der Waals surface area (Å²) >= 11 is 5.73. The zero-order valence-electron chi connectivity index (χ0n) is 9.63. The molecule has 0 spiro atoms. The molecule has 0 saturated carbocycles. The van der Waals surface area contributed by atoms with Crippen molar-refractivity contribution in [3.05, 3.63) is 70.2 Å². The third-order valence-corrected chi connectivity index (χ3v) is 2.66. The highest BCUT2D eigenvalue weighted by Gasteiger charge is 2.29. The Morgan fingerprint density at radius 3 is 1.58 bits per heavy atom. The Bertz CT molecular complexity index is 614. The molecule has 0 aromatic heterocycles. The summed E-state index contributed by atoms with van der Waals surface area (Å²) in [4.78, 5) is 0. The molecule has 96 valence electrons. The van der Waals surface area contributed by atoms with Crippen LogP contribution in [0.5, 0.6) is 0 Å². The smallest absolute Gasteiger partial charge is 0.166 e. The zero-order valence-corrected chi connectivity index (χ0v) is 10.4. The summed E-state index contributed by atoms with van der Waals surface area (Å²) in [6.07, 6.45) is -4.32. The first-order valence-electron chi connectivity index (χ1n) is 5.40. The normalized spacial score (nSPS) is 10.7. The van der Waals surface area contributed by atoms with Crippen LogP contribution in [0.3, 0.4) is 0 Å². The van der Waals surface area contributed by atoms with Gasteiger partial charge < -0.3 is 0 Å². The van der Waals surface area contributed by atoms with Gasteiger partial charge in [0.1, 0.15) is 0 Å². The van der Waals surface area contributed by atoms with Crippen LogP contribution < -0.4 is 0 Å². The number of halogens is 4. The number of hydrogen-bond donors (Lipinski definition) is 0. The second-order valence-electron chi connectivity index (χ2n) is 3.83. The Morgan fingerprint density at radius 1 is 0.737 bits per heavy atom. The fourth-order valence-corrected chi connectivity index (χ4v) is 1.55. The van der Waals surface area contributed by atoms with Crippen LogP contribution in [-0.2, 0) is 6.18 Å². The molecule has 0 aliphatic rings. The second-order valence-corrected chi connectivity index (χ2v) is 4.27. The van der Waals surface area contributed by atoms with Gasteiger partial charge in [0.25, 0.3) is 0 Å². The summed E-state index contributed by atoms with van der Waals surface area (Å²) in [6, 6.07) is 11.7. The first-order valence-corrected chi connectivity index (χ1v) is 5.78. The Balaban J connectivity index is 2.19. The summed E-state index contributed by atoms with van der Waals surface area (Å²) in [6.45, 7) is 0. The summed E-state index contributed by atoms with van der Waals surface area (Å²) < 4.78 is 37.1. The lowest BCUT2D eigenvalue weighted by molar-refractivity contribution is -0.137. The molecule has 2 aromatic rings. The third kappa shape index (κ3) is 3.77. The highest BCUT2D eigenvalue weighted by atomic mass is 35.5. The van der Waals surface area contributed by atoms with Gasteiger partial charge in [-0.05, 0) is 48.5 Å². The Morgan fingerprint density at radius 2 is 1.16 bits per heavy atom. The summed E-state index contributed by atoms with van der Waals surface area (Å²) in [5, 5.41) is 0.611. The monoisotopic (exact) mass is 280 g/mol. The molecule has 0 bridgehead atoms. The van der Waals surface area contributed by atoms with Crippen LogP contribution in [0.1, 0.15) is 16.7 Å². The zero-order chi connectivity index (χ0) is 13.9. The van der Waals surface area contributed by atoms with Crippen LogP contribution in [0.2, 0.25) is 5.02 Å². The van der Waals surface area contributed by atoms with Gasteiger partial charge in [-0.2, -0.15) is 13.2 Å². The fourth-order valence-electron chi connectivity index (χ4n) is 1.42. The maximum absolute atomic E-state index is 12.4. The number of hydrogen-bond acceptors (Lipinski definition) is 0. The van der Waals surface area contributed by atoms with Crippen molar-refractivity contribution in [2.24, 2.45) is 0 Å². The maximum atomic E-state index is 12.4. The van der Waals surface area contributed by atoms with Gasteiger partial charge in [0.05, 0.1) is 5.56 Å². The molecule has 19 heavy (non-hydrogen) atoms. The highest BCUT2D eigenvalue weighted by molar-refractivity contribution is 6.30. The molecule has 2 rings (SSSR count). The number of benzene rings is 2. The van der Waals surface area contributed by atoms with Crippen molar-refractivity contribution in [1.29, 1.82) is 0 Å². The van der Waals surface area contributed by atoms with Crippen LogP contribution in [0, 0.1) is 11.8 Å². The first-order chi connectivity index (χ1) is 8.95. The third-order valence-electron chi connectivity index (χ3n) is 2.41. The van der Waals surface area contributed by atoms with E-state index in [9.17, 15) is 13.2 Å². The highest BCUT2D eigenvalue weighted by Crippen LogP contribution is 2.28. The molecule has 0 fully saturated rings. The standard InChI is InChI=1S/C15H8ClF3/c16-14-9-5-12(6-10-14)2-1-11-3-7-13(8-4-11)15(17,18)19/h3-10H. The number of alkyl halides is 3. The fraction of sp³-hybridized carbons (Fsp3) is 0.0667. The van der Waals surface area contributed by atoms with E-state index in [4.69, 9.17) is 11.6 Å². The lowest BCUT2D eigenvalue weighted by atomic mass is 10.1. The molecule has 0 amide bonds. The Hall–Kier alpha value is -1.92. The average molecular weight is 281 g/mol. The van der Waals surface area contributed by atoms with Crippen LogP contribution in [-0.4, -0.2) is 0 Å². The predicted octanol–water partition coefficient (Wildman–Crippen LogP) is 4.76. The van der Waals surface area contributed by atoms with Crippen molar-refractivity contribution in [2.75, 3.05) is 0 Å². The minimum absolute atomic E-state index is 0.531. The van der Waals surface area contributed by atoms with E-state index in [1.807, 2.05) is 0 Å². The van der Waals surface area contributed by atoms with Gasteiger partial charge in [-0.15, -0.1) is 0 Å². The van der Waals surface area contributed by atoms with Crippen molar-refractivity contribution in [3.8, 4) is 11.8 Å². The maximum Gasteiger partial charge on any atom is 0.416 e. The van der Waals surface area contributed by atoms with Gasteiger partial charge in [-0.1, -0.05) is 23.4 Å². The topological polar surface area (TPSA) is 0 Å². The Labute approximate surface area is 113 Å². The molecular weight excluding hydrogens is 273 g/mol. The minimum Gasteiger partial charge on any atom is -0.166 e.